The largest absolute Gasteiger partial charge is 0.396 e. The van der Waals surface area contributed by atoms with Gasteiger partial charge in [-0.1, -0.05) is 31.2 Å². The molecule has 0 saturated carbocycles. The molecule has 3 N–H and O–H groups in total. The van der Waals surface area contributed by atoms with Crippen LogP contribution in [0.2, 0.25) is 0 Å². The second kappa shape index (κ2) is 7.01. The Hall–Kier alpha value is -2.40. The average molecular weight is 326 g/mol. The number of nitrogens with one attached hydrogen (secondary N) is 2. The second-order valence-electron chi connectivity index (χ2n) is 6.39. The number of aliphatic hydroxyl groups is 1. The lowest BCUT2D eigenvalue weighted by molar-refractivity contribution is -0.136. The van der Waals surface area contributed by atoms with Crippen LogP contribution in [-0.2, 0) is 22.4 Å². The Morgan fingerprint density at radius 2 is 1.88 bits per heavy atom. The number of aryl methyl sites for hydroxylation is 2. The summed E-state index contributed by atoms with van der Waals surface area (Å²) in [5.74, 6) is -1.18. The van der Waals surface area contributed by atoms with Gasteiger partial charge in [0.1, 0.15) is 0 Å². The van der Waals surface area contributed by atoms with Crippen LogP contribution in [0.25, 0.3) is 10.8 Å². The van der Waals surface area contributed by atoms with Crippen LogP contribution >= 0.6 is 0 Å². The highest BCUT2D eigenvalue weighted by molar-refractivity contribution is 6.40. The molecule has 1 unspecified atom stereocenters. The molecule has 24 heavy (non-hydrogen) atoms. The summed E-state index contributed by atoms with van der Waals surface area (Å²) in [6, 6.07) is 9.96. The summed E-state index contributed by atoms with van der Waals surface area (Å²) in [6.07, 6.45) is 2.64. The van der Waals surface area contributed by atoms with Gasteiger partial charge in [0.05, 0.1) is 0 Å². The van der Waals surface area contributed by atoms with Crippen LogP contribution in [0, 0.1) is 5.92 Å². The third-order valence-corrected chi connectivity index (χ3v) is 4.56. The molecule has 126 valence electrons. The molecule has 0 aliphatic heterocycles. The molecule has 0 saturated heterocycles. The van der Waals surface area contributed by atoms with Crippen LogP contribution < -0.4 is 10.6 Å². The third kappa shape index (κ3) is 3.26. The van der Waals surface area contributed by atoms with E-state index in [2.05, 4.69) is 16.7 Å². The Labute approximate surface area is 141 Å². The summed E-state index contributed by atoms with van der Waals surface area (Å²) >= 11 is 0. The zero-order chi connectivity index (χ0) is 17.1. The minimum Gasteiger partial charge on any atom is -0.396 e. The topological polar surface area (TPSA) is 78.4 Å². The Morgan fingerprint density at radius 1 is 1.12 bits per heavy atom. The lowest BCUT2D eigenvalue weighted by Gasteiger charge is -2.12. The number of carbonyl (C=O) groups excluding carboxylic acids is 2. The summed E-state index contributed by atoms with van der Waals surface area (Å²) in [5.41, 5.74) is 3.25. The molecule has 0 heterocycles. The van der Waals surface area contributed by atoms with E-state index in [-0.39, 0.29) is 12.5 Å². The summed E-state index contributed by atoms with van der Waals surface area (Å²) in [4.78, 5) is 24.1. The van der Waals surface area contributed by atoms with E-state index in [9.17, 15) is 9.59 Å². The molecule has 0 aromatic heterocycles. The van der Waals surface area contributed by atoms with Crippen LogP contribution in [-0.4, -0.2) is 30.1 Å². The molecule has 0 bridgehead atoms. The zero-order valence-corrected chi connectivity index (χ0v) is 13.8. The van der Waals surface area contributed by atoms with Gasteiger partial charge >= 0.3 is 11.8 Å². The van der Waals surface area contributed by atoms with Crippen molar-refractivity contribution < 1.29 is 14.7 Å². The van der Waals surface area contributed by atoms with E-state index in [1.807, 2.05) is 31.2 Å². The van der Waals surface area contributed by atoms with E-state index in [4.69, 9.17) is 5.11 Å². The van der Waals surface area contributed by atoms with Crippen molar-refractivity contribution in [3.8, 4) is 0 Å². The fraction of sp³-hybridized carbons (Fsp3) is 0.368. The van der Waals surface area contributed by atoms with Gasteiger partial charge in [-0.3, -0.25) is 9.59 Å². The highest BCUT2D eigenvalue weighted by Gasteiger charge is 2.19. The van der Waals surface area contributed by atoms with Crippen LogP contribution in [0.3, 0.4) is 0 Å². The molecule has 5 heteroatoms. The summed E-state index contributed by atoms with van der Waals surface area (Å²) in [5, 5.41) is 16.4. The van der Waals surface area contributed by atoms with E-state index in [1.54, 1.807) is 0 Å². The van der Waals surface area contributed by atoms with Crippen LogP contribution in [0.15, 0.2) is 30.3 Å². The van der Waals surface area contributed by atoms with E-state index in [0.717, 1.165) is 18.2 Å². The summed E-state index contributed by atoms with van der Waals surface area (Å²) < 4.78 is 0. The van der Waals surface area contributed by atoms with Gasteiger partial charge in [0.2, 0.25) is 0 Å². The molecular formula is C19H22N2O3. The predicted molar refractivity (Wildman–Crippen MR) is 93.9 cm³/mol. The van der Waals surface area contributed by atoms with Crippen molar-refractivity contribution in [1.29, 1.82) is 0 Å². The molecule has 3 rings (SSSR count). The number of anilines is 1. The first-order valence-corrected chi connectivity index (χ1v) is 8.33. The smallest absolute Gasteiger partial charge is 0.313 e. The van der Waals surface area contributed by atoms with Crippen LogP contribution in [0.5, 0.6) is 0 Å². The Bertz CT molecular complexity index is 775. The second-order valence-corrected chi connectivity index (χ2v) is 6.39. The zero-order valence-electron chi connectivity index (χ0n) is 13.8. The molecule has 1 aliphatic rings. The summed E-state index contributed by atoms with van der Waals surface area (Å²) in [6.45, 7) is 2.36. The Morgan fingerprint density at radius 3 is 2.62 bits per heavy atom. The van der Waals surface area contributed by atoms with Gasteiger partial charge in [-0.2, -0.15) is 0 Å². The van der Waals surface area contributed by atoms with Gasteiger partial charge in [-0.25, -0.2) is 0 Å². The molecule has 2 amide bonds. The minimum absolute atomic E-state index is 0.0733. The maximum Gasteiger partial charge on any atom is 0.313 e. The third-order valence-electron chi connectivity index (χ3n) is 4.56. The van der Waals surface area contributed by atoms with Crippen molar-refractivity contribution in [2.24, 2.45) is 5.92 Å². The molecule has 0 fully saturated rings. The minimum atomic E-state index is -0.662. The lowest BCUT2D eigenvalue weighted by atomic mass is 10.0. The maximum atomic E-state index is 12.1. The van der Waals surface area contributed by atoms with Gasteiger partial charge < -0.3 is 15.7 Å². The lowest BCUT2D eigenvalue weighted by Crippen LogP contribution is -2.37. The number of aliphatic hydroxyl groups excluding tert-OH is 1. The van der Waals surface area contributed by atoms with Gasteiger partial charge in [0.25, 0.3) is 0 Å². The molecule has 2 aromatic carbocycles. The number of amides is 2. The number of benzene rings is 2. The maximum absolute atomic E-state index is 12.1. The number of carbonyl (C=O) groups is 2. The van der Waals surface area contributed by atoms with Crippen molar-refractivity contribution in [1.82, 2.24) is 5.32 Å². The monoisotopic (exact) mass is 326 g/mol. The SMILES string of the molecule is CC(CCO)CNC(=O)C(=O)Nc1ccc2c3c(cccc13)CC2. The van der Waals surface area contributed by atoms with E-state index in [0.29, 0.717) is 18.7 Å². The first kappa shape index (κ1) is 16.5. The Kier molecular flexibility index (Phi) is 4.81. The Balaban J connectivity index is 1.71. The number of hydrogen-bond donors (Lipinski definition) is 3. The van der Waals surface area contributed by atoms with Crippen molar-refractivity contribution in [2.75, 3.05) is 18.5 Å². The van der Waals surface area contributed by atoms with E-state index >= 15 is 0 Å². The fourth-order valence-corrected chi connectivity index (χ4v) is 3.20. The average Bonchev–Trinajstić information content (AvgIpc) is 3.00. The van der Waals surface area contributed by atoms with Crippen molar-refractivity contribution in [3.05, 3.63) is 41.5 Å². The molecule has 5 nitrogen and oxygen atoms in total. The van der Waals surface area contributed by atoms with Gasteiger partial charge in [-0.05, 0) is 47.8 Å². The number of rotatable bonds is 5. The van der Waals surface area contributed by atoms with Crippen molar-refractivity contribution in [3.63, 3.8) is 0 Å². The predicted octanol–water partition coefficient (Wildman–Crippen LogP) is 2.01. The van der Waals surface area contributed by atoms with Crippen molar-refractivity contribution in [2.45, 2.75) is 26.2 Å². The fourth-order valence-electron chi connectivity index (χ4n) is 3.20. The first-order chi connectivity index (χ1) is 11.6. The summed E-state index contributed by atoms with van der Waals surface area (Å²) in [7, 11) is 0. The quantitative estimate of drug-likeness (QED) is 0.736. The first-order valence-electron chi connectivity index (χ1n) is 8.33. The normalized spacial score (nSPS) is 13.8. The molecule has 1 aliphatic carbocycles. The standard InChI is InChI=1S/C19H22N2O3/c1-12(9-10-22)11-20-18(23)19(24)21-16-8-7-14-6-5-13-3-2-4-15(16)17(13)14/h2-4,7-8,12,22H,5-6,9-11H2,1H3,(H,20,23)(H,21,24). The highest BCUT2D eigenvalue weighted by atomic mass is 16.3. The molecule has 0 radical (unpaired) electrons. The molecule has 0 spiro atoms. The van der Waals surface area contributed by atoms with Gasteiger partial charge in [-0.15, -0.1) is 0 Å². The van der Waals surface area contributed by atoms with E-state index < -0.39 is 11.8 Å². The highest BCUT2D eigenvalue weighted by Crippen LogP contribution is 2.34. The van der Waals surface area contributed by atoms with Gasteiger partial charge in [0, 0.05) is 24.2 Å². The van der Waals surface area contributed by atoms with Gasteiger partial charge in [0.15, 0.2) is 0 Å². The van der Waals surface area contributed by atoms with Crippen molar-refractivity contribution >= 4 is 28.3 Å². The van der Waals surface area contributed by atoms with E-state index in [1.165, 1.54) is 16.5 Å². The molecular weight excluding hydrogens is 304 g/mol. The molecule has 2 aromatic rings. The van der Waals surface area contributed by atoms with Crippen LogP contribution in [0.1, 0.15) is 24.5 Å². The number of hydrogen-bond acceptors (Lipinski definition) is 3. The van der Waals surface area contributed by atoms with Crippen LogP contribution in [0.4, 0.5) is 5.69 Å². The molecule has 1 atom stereocenters.